The highest BCUT2D eigenvalue weighted by Crippen LogP contribution is 2.42. The molecule has 1 aliphatic rings. The number of hydrogen-bond donors (Lipinski definition) is 1. The van der Waals surface area contributed by atoms with Crippen LogP contribution in [0.4, 0.5) is 0 Å². The highest BCUT2D eigenvalue weighted by Gasteiger charge is 2.30. The number of halogens is 1. The molecule has 1 N–H and O–H groups in total. The van der Waals surface area contributed by atoms with Crippen molar-refractivity contribution in [2.24, 2.45) is 0 Å². The van der Waals surface area contributed by atoms with Gasteiger partial charge in [-0.25, -0.2) is 4.68 Å². The van der Waals surface area contributed by atoms with Crippen molar-refractivity contribution >= 4 is 11.6 Å². The van der Waals surface area contributed by atoms with E-state index < -0.39 is 0 Å². The Bertz CT molecular complexity index is 636. The lowest BCUT2D eigenvalue weighted by Gasteiger charge is -2.20. The third kappa shape index (κ3) is 3.47. The van der Waals surface area contributed by atoms with Crippen molar-refractivity contribution < 1.29 is 0 Å². The van der Waals surface area contributed by atoms with E-state index in [0.717, 1.165) is 17.3 Å². The molecule has 0 radical (unpaired) electrons. The lowest BCUT2D eigenvalue weighted by Crippen LogP contribution is -2.35. The van der Waals surface area contributed by atoms with Crippen LogP contribution in [0, 0.1) is 0 Å². The molecular weight excluding hydrogens is 282 g/mol. The molecule has 1 aromatic heterocycles. The quantitative estimate of drug-likeness (QED) is 0.913. The summed E-state index contributed by atoms with van der Waals surface area (Å²) in [6.07, 6.45) is 4.51. The molecule has 0 unspecified atom stereocenters. The van der Waals surface area contributed by atoms with Gasteiger partial charge in [0, 0.05) is 28.6 Å². The minimum atomic E-state index is 0.110. The zero-order chi connectivity index (χ0) is 15.0. The molecule has 3 rings (SSSR count). The number of benzene rings is 1. The van der Waals surface area contributed by atoms with E-state index in [1.54, 1.807) is 0 Å². The van der Waals surface area contributed by atoms with Crippen molar-refractivity contribution in [1.82, 2.24) is 15.1 Å². The van der Waals surface area contributed by atoms with Gasteiger partial charge in [0.15, 0.2) is 0 Å². The second-order valence-corrected chi connectivity index (χ2v) is 7.26. The minimum absolute atomic E-state index is 0.110. The van der Waals surface area contributed by atoms with Crippen LogP contribution in [0.5, 0.6) is 0 Å². The van der Waals surface area contributed by atoms with Crippen LogP contribution in [-0.4, -0.2) is 15.3 Å². The first-order chi connectivity index (χ1) is 9.94. The van der Waals surface area contributed by atoms with Gasteiger partial charge in [0.05, 0.1) is 17.6 Å². The van der Waals surface area contributed by atoms with Crippen molar-refractivity contribution in [2.75, 3.05) is 0 Å². The van der Waals surface area contributed by atoms with Crippen molar-refractivity contribution in [2.45, 2.75) is 51.6 Å². The van der Waals surface area contributed by atoms with Crippen molar-refractivity contribution in [1.29, 1.82) is 0 Å². The van der Waals surface area contributed by atoms with Crippen LogP contribution >= 0.6 is 11.6 Å². The predicted molar refractivity (Wildman–Crippen MR) is 87.1 cm³/mol. The van der Waals surface area contributed by atoms with Gasteiger partial charge in [-0.05, 0) is 51.8 Å². The Balaban J connectivity index is 1.93. The fourth-order valence-corrected chi connectivity index (χ4v) is 2.68. The maximum Gasteiger partial charge on any atom is 0.0663 e. The maximum absolute atomic E-state index is 6.12. The van der Waals surface area contributed by atoms with Gasteiger partial charge in [0.1, 0.15) is 0 Å². The van der Waals surface area contributed by atoms with Gasteiger partial charge < -0.3 is 5.32 Å². The van der Waals surface area contributed by atoms with Gasteiger partial charge in [-0.15, -0.1) is 0 Å². The van der Waals surface area contributed by atoms with E-state index in [9.17, 15) is 0 Å². The first-order valence-electron chi connectivity index (χ1n) is 7.52. The molecule has 1 heterocycles. The standard InChI is InChI=1S/C17H22ClN3/c1-17(2,3)19-10-13-11-20-21(16(13)12-7-8-12)15-6-4-5-14(18)9-15/h4-6,9,11-12,19H,7-8,10H2,1-3H3. The molecule has 1 aliphatic carbocycles. The van der Waals surface area contributed by atoms with Gasteiger partial charge in [-0.3, -0.25) is 0 Å². The summed E-state index contributed by atoms with van der Waals surface area (Å²) >= 11 is 6.12. The molecule has 0 bridgehead atoms. The summed E-state index contributed by atoms with van der Waals surface area (Å²) in [5.41, 5.74) is 3.80. The molecule has 0 saturated heterocycles. The number of nitrogens with one attached hydrogen (secondary N) is 1. The molecule has 1 fully saturated rings. The van der Waals surface area contributed by atoms with Crippen LogP contribution in [0.2, 0.25) is 5.02 Å². The number of nitrogens with zero attached hydrogens (tertiary/aromatic N) is 2. The van der Waals surface area contributed by atoms with Crippen molar-refractivity contribution in [3.05, 3.63) is 46.7 Å². The van der Waals surface area contributed by atoms with Crippen molar-refractivity contribution in [3.8, 4) is 5.69 Å². The molecule has 0 aliphatic heterocycles. The Hall–Kier alpha value is -1.32. The van der Waals surface area contributed by atoms with Gasteiger partial charge in [0.25, 0.3) is 0 Å². The Morgan fingerprint density at radius 2 is 2.10 bits per heavy atom. The summed E-state index contributed by atoms with van der Waals surface area (Å²) in [5, 5.41) is 8.91. The largest absolute Gasteiger partial charge is 0.308 e. The normalized spacial score (nSPS) is 15.4. The summed E-state index contributed by atoms with van der Waals surface area (Å²) in [7, 11) is 0. The average molecular weight is 304 g/mol. The SMILES string of the molecule is CC(C)(C)NCc1cnn(-c2cccc(Cl)c2)c1C1CC1. The molecule has 4 heteroatoms. The van der Waals surface area contributed by atoms with E-state index in [0.29, 0.717) is 5.92 Å². The fraction of sp³-hybridized carbons (Fsp3) is 0.471. The molecular formula is C17H22ClN3. The topological polar surface area (TPSA) is 29.9 Å². The molecule has 0 amide bonds. The number of rotatable bonds is 4. The summed E-state index contributed by atoms with van der Waals surface area (Å²) < 4.78 is 2.06. The van der Waals surface area contributed by atoms with Crippen LogP contribution in [0.1, 0.15) is 50.8 Å². The van der Waals surface area contributed by atoms with E-state index in [-0.39, 0.29) is 5.54 Å². The number of aromatic nitrogens is 2. The first-order valence-corrected chi connectivity index (χ1v) is 7.89. The second kappa shape index (κ2) is 5.47. The zero-order valence-electron chi connectivity index (χ0n) is 12.9. The van der Waals surface area contributed by atoms with Gasteiger partial charge in [-0.2, -0.15) is 5.10 Å². The highest BCUT2D eigenvalue weighted by molar-refractivity contribution is 6.30. The number of hydrogen-bond acceptors (Lipinski definition) is 2. The molecule has 0 atom stereocenters. The Labute approximate surface area is 131 Å². The third-order valence-electron chi connectivity index (χ3n) is 3.71. The van der Waals surface area contributed by atoms with Gasteiger partial charge in [-0.1, -0.05) is 17.7 Å². The van der Waals surface area contributed by atoms with E-state index in [1.807, 2.05) is 24.4 Å². The van der Waals surface area contributed by atoms with E-state index in [2.05, 4.69) is 41.9 Å². The highest BCUT2D eigenvalue weighted by atomic mass is 35.5. The van der Waals surface area contributed by atoms with E-state index >= 15 is 0 Å². The van der Waals surface area contributed by atoms with Crippen LogP contribution in [0.25, 0.3) is 5.69 Å². The molecule has 1 saturated carbocycles. The zero-order valence-corrected chi connectivity index (χ0v) is 13.6. The monoisotopic (exact) mass is 303 g/mol. The van der Waals surface area contributed by atoms with Gasteiger partial charge in [0.2, 0.25) is 0 Å². The van der Waals surface area contributed by atoms with Crippen molar-refractivity contribution in [3.63, 3.8) is 0 Å². The molecule has 0 spiro atoms. The summed E-state index contributed by atoms with van der Waals surface area (Å²) in [6.45, 7) is 7.41. The Kier molecular flexibility index (Phi) is 3.80. The Morgan fingerprint density at radius 3 is 2.71 bits per heavy atom. The lowest BCUT2D eigenvalue weighted by molar-refractivity contribution is 0.423. The molecule has 2 aromatic rings. The molecule has 1 aromatic carbocycles. The smallest absolute Gasteiger partial charge is 0.0663 e. The molecule has 3 nitrogen and oxygen atoms in total. The van der Waals surface area contributed by atoms with Gasteiger partial charge >= 0.3 is 0 Å². The van der Waals surface area contributed by atoms with Crippen LogP contribution in [0.3, 0.4) is 0 Å². The predicted octanol–water partition coefficient (Wildman–Crippen LogP) is 4.29. The van der Waals surface area contributed by atoms with Crippen LogP contribution in [0.15, 0.2) is 30.5 Å². The molecule has 21 heavy (non-hydrogen) atoms. The fourth-order valence-electron chi connectivity index (χ4n) is 2.49. The molecule has 112 valence electrons. The van der Waals surface area contributed by atoms with E-state index in [1.165, 1.54) is 24.1 Å². The summed E-state index contributed by atoms with van der Waals surface area (Å²) in [6, 6.07) is 7.91. The van der Waals surface area contributed by atoms with Crippen LogP contribution < -0.4 is 5.32 Å². The summed E-state index contributed by atoms with van der Waals surface area (Å²) in [4.78, 5) is 0. The maximum atomic E-state index is 6.12. The minimum Gasteiger partial charge on any atom is -0.308 e. The van der Waals surface area contributed by atoms with Crippen LogP contribution in [-0.2, 0) is 6.54 Å². The summed E-state index contributed by atoms with van der Waals surface area (Å²) in [5.74, 6) is 0.642. The first kappa shape index (κ1) is 14.6. The third-order valence-corrected chi connectivity index (χ3v) is 3.95. The average Bonchev–Trinajstić information content (AvgIpc) is 3.15. The Morgan fingerprint density at radius 1 is 1.33 bits per heavy atom. The lowest BCUT2D eigenvalue weighted by atomic mass is 10.1. The van der Waals surface area contributed by atoms with E-state index in [4.69, 9.17) is 11.6 Å². The second-order valence-electron chi connectivity index (χ2n) is 6.82.